The van der Waals surface area contributed by atoms with Gasteiger partial charge < -0.3 is 10.6 Å². The highest BCUT2D eigenvalue weighted by Crippen LogP contribution is 2.22. The fourth-order valence-electron chi connectivity index (χ4n) is 1.61. The van der Waals surface area contributed by atoms with Gasteiger partial charge in [-0.25, -0.2) is 22.0 Å². The zero-order valence-electron chi connectivity index (χ0n) is 12.4. The van der Waals surface area contributed by atoms with Crippen molar-refractivity contribution in [3.63, 3.8) is 0 Å². The minimum absolute atomic E-state index is 0.138. The summed E-state index contributed by atoms with van der Waals surface area (Å²) in [6.45, 7) is 7.62. The van der Waals surface area contributed by atoms with Crippen LogP contribution in [0.25, 0.3) is 0 Å². The van der Waals surface area contributed by atoms with Crippen LogP contribution in [-0.4, -0.2) is 18.1 Å². The van der Waals surface area contributed by atoms with Gasteiger partial charge in [-0.1, -0.05) is 0 Å². The normalized spacial score (nSPS) is 13.6. The summed E-state index contributed by atoms with van der Waals surface area (Å²) in [5, 5.41) is 5.89. The molecule has 120 valence electrons. The maximum absolute atomic E-state index is 13.5. The number of hydrogen-bond donors (Lipinski definition) is 2. The van der Waals surface area contributed by atoms with E-state index in [0.29, 0.717) is 6.54 Å². The van der Waals surface area contributed by atoms with E-state index in [4.69, 9.17) is 0 Å². The van der Waals surface area contributed by atoms with Gasteiger partial charge in [0.15, 0.2) is 23.3 Å². The van der Waals surface area contributed by atoms with Crippen molar-refractivity contribution in [1.29, 1.82) is 0 Å². The van der Waals surface area contributed by atoms with Crippen LogP contribution in [0.2, 0.25) is 0 Å². The Morgan fingerprint density at radius 1 is 0.857 bits per heavy atom. The summed E-state index contributed by atoms with van der Waals surface area (Å²) in [5.41, 5.74) is -0.991. The number of halogens is 5. The lowest BCUT2D eigenvalue weighted by molar-refractivity contribution is 0.358. The molecule has 0 amide bonds. The van der Waals surface area contributed by atoms with Gasteiger partial charge in [0, 0.05) is 30.2 Å². The first-order valence-corrected chi connectivity index (χ1v) is 6.53. The quantitative estimate of drug-likeness (QED) is 0.496. The Labute approximate surface area is 120 Å². The first-order valence-electron chi connectivity index (χ1n) is 6.53. The Hall–Kier alpha value is -1.21. The summed E-state index contributed by atoms with van der Waals surface area (Å²) in [7, 11) is 0. The van der Waals surface area contributed by atoms with Crippen LogP contribution in [0.1, 0.15) is 33.3 Å². The third kappa shape index (κ3) is 4.64. The molecule has 0 saturated heterocycles. The van der Waals surface area contributed by atoms with Crippen molar-refractivity contribution in [3.05, 3.63) is 34.6 Å². The highest BCUT2D eigenvalue weighted by molar-refractivity contribution is 5.24. The average Bonchev–Trinajstić information content (AvgIpc) is 2.40. The molecule has 2 nitrogen and oxygen atoms in total. The lowest BCUT2D eigenvalue weighted by Gasteiger charge is -2.24. The van der Waals surface area contributed by atoms with E-state index in [2.05, 4.69) is 10.6 Å². The maximum Gasteiger partial charge on any atom is 0.200 e. The van der Waals surface area contributed by atoms with E-state index in [1.54, 1.807) is 6.92 Å². The van der Waals surface area contributed by atoms with E-state index in [1.807, 2.05) is 20.8 Å². The van der Waals surface area contributed by atoms with Crippen LogP contribution in [0, 0.1) is 29.1 Å². The second kappa shape index (κ2) is 6.70. The molecule has 1 aromatic carbocycles. The van der Waals surface area contributed by atoms with Gasteiger partial charge in [0.1, 0.15) is 0 Å². The second-order valence-corrected chi connectivity index (χ2v) is 5.96. The summed E-state index contributed by atoms with van der Waals surface area (Å²) in [5.74, 6) is -9.58. The van der Waals surface area contributed by atoms with Crippen LogP contribution >= 0.6 is 0 Å². The van der Waals surface area contributed by atoms with Gasteiger partial charge in [0.2, 0.25) is 5.82 Å². The number of benzene rings is 1. The fourth-order valence-corrected chi connectivity index (χ4v) is 1.61. The molecule has 0 heterocycles. The molecule has 1 aromatic rings. The molecule has 21 heavy (non-hydrogen) atoms. The molecule has 0 spiro atoms. The molecule has 1 unspecified atom stereocenters. The SMILES string of the molecule is CC(CNC(C)(C)C)NCc1c(F)c(F)c(F)c(F)c1F. The average molecular weight is 310 g/mol. The molecule has 2 N–H and O–H groups in total. The third-order valence-corrected chi connectivity index (χ3v) is 2.87. The van der Waals surface area contributed by atoms with E-state index in [9.17, 15) is 22.0 Å². The van der Waals surface area contributed by atoms with Gasteiger partial charge in [-0.05, 0) is 27.7 Å². The van der Waals surface area contributed by atoms with Crippen LogP contribution in [0.4, 0.5) is 22.0 Å². The molecular weight excluding hydrogens is 291 g/mol. The van der Waals surface area contributed by atoms with Crippen molar-refractivity contribution in [3.8, 4) is 0 Å². The molecule has 1 atom stereocenters. The Kier molecular flexibility index (Phi) is 5.69. The largest absolute Gasteiger partial charge is 0.311 e. The zero-order valence-corrected chi connectivity index (χ0v) is 12.4. The standard InChI is InChI=1S/C14H19F5N2/c1-7(5-21-14(2,3)4)20-6-8-9(15)11(17)13(19)12(18)10(8)16/h7,20-21H,5-6H2,1-4H3. The molecule has 0 radical (unpaired) electrons. The zero-order chi connectivity index (χ0) is 16.4. The van der Waals surface area contributed by atoms with Crippen molar-refractivity contribution in [2.45, 2.75) is 45.8 Å². The lowest BCUT2D eigenvalue weighted by atomic mass is 10.1. The smallest absolute Gasteiger partial charge is 0.200 e. The van der Waals surface area contributed by atoms with Crippen LogP contribution in [0.15, 0.2) is 0 Å². The highest BCUT2D eigenvalue weighted by Gasteiger charge is 2.25. The number of rotatable bonds is 5. The summed E-state index contributed by atoms with van der Waals surface area (Å²) in [6, 6.07) is -0.209. The molecule has 0 aliphatic carbocycles. The number of nitrogens with one attached hydrogen (secondary N) is 2. The molecule has 0 aliphatic rings. The van der Waals surface area contributed by atoms with E-state index in [0.717, 1.165) is 0 Å². The molecule has 0 aromatic heterocycles. The van der Waals surface area contributed by atoms with Gasteiger partial charge in [0.05, 0.1) is 0 Å². The second-order valence-electron chi connectivity index (χ2n) is 5.96. The predicted molar refractivity (Wildman–Crippen MR) is 70.3 cm³/mol. The van der Waals surface area contributed by atoms with Crippen molar-refractivity contribution in [2.24, 2.45) is 0 Å². The molecule has 0 saturated carbocycles. The van der Waals surface area contributed by atoms with Gasteiger partial charge in [-0.2, -0.15) is 0 Å². The summed E-state index contributed by atoms with van der Waals surface area (Å²) in [6.07, 6.45) is 0. The van der Waals surface area contributed by atoms with E-state index in [-0.39, 0.29) is 11.6 Å². The van der Waals surface area contributed by atoms with Gasteiger partial charge in [-0.15, -0.1) is 0 Å². The number of hydrogen-bond acceptors (Lipinski definition) is 2. The molecule has 0 fully saturated rings. The Morgan fingerprint density at radius 2 is 1.29 bits per heavy atom. The Bertz CT molecular complexity index is 482. The van der Waals surface area contributed by atoms with Crippen LogP contribution in [0.5, 0.6) is 0 Å². The molecular formula is C14H19F5N2. The van der Waals surface area contributed by atoms with Crippen molar-refractivity contribution < 1.29 is 22.0 Å². The van der Waals surface area contributed by atoms with E-state index < -0.39 is 41.2 Å². The van der Waals surface area contributed by atoms with E-state index >= 15 is 0 Å². The first kappa shape index (κ1) is 17.8. The van der Waals surface area contributed by atoms with Crippen LogP contribution in [-0.2, 0) is 6.54 Å². The molecule has 0 aliphatic heterocycles. The third-order valence-electron chi connectivity index (χ3n) is 2.87. The van der Waals surface area contributed by atoms with Crippen LogP contribution < -0.4 is 10.6 Å². The van der Waals surface area contributed by atoms with Gasteiger partial charge >= 0.3 is 0 Å². The van der Waals surface area contributed by atoms with Crippen molar-refractivity contribution in [2.75, 3.05) is 6.54 Å². The minimum atomic E-state index is -2.14. The van der Waals surface area contributed by atoms with Crippen molar-refractivity contribution >= 4 is 0 Å². The summed E-state index contributed by atoms with van der Waals surface area (Å²) < 4.78 is 65.9. The lowest BCUT2D eigenvalue weighted by Crippen LogP contribution is -2.44. The van der Waals surface area contributed by atoms with E-state index in [1.165, 1.54) is 0 Å². The highest BCUT2D eigenvalue weighted by atomic mass is 19.2. The first-order chi connectivity index (χ1) is 9.54. The van der Waals surface area contributed by atoms with Crippen LogP contribution in [0.3, 0.4) is 0 Å². The predicted octanol–water partition coefficient (Wildman–Crippen LogP) is 3.25. The fraction of sp³-hybridized carbons (Fsp3) is 0.571. The monoisotopic (exact) mass is 310 g/mol. The summed E-state index contributed by atoms with van der Waals surface area (Å²) >= 11 is 0. The maximum atomic E-state index is 13.5. The molecule has 7 heteroatoms. The van der Waals surface area contributed by atoms with Gasteiger partial charge in [0.25, 0.3) is 0 Å². The molecule has 1 rings (SSSR count). The minimum Gasteiger partial charge on any atom is -0.311 e. The van der Waals surface area contributed by atoms with Gasteiger partial charge in [-0.3, -0.25) is 0 Å². The Morgan fingerprint density at radius 3 is 1.71 bits per heavy atom. The topological polar surface area (TPSA) is 24.1 Å². The van der Waals surface area contributed by atoms with Crippen molar-refractivity contribution in [1.82, 2.24) is 10.6 Å². The Balaban J connectivity index is 2.76. The molecule has 0 bridgehead atoms. The summed E-state index contributed by atoms with van der Waals surface area (Å²) in [4.78, 5) is 0.